The standard InChI is InChI=1S/C27H49N5O3/c1-19(2)16-28-24(33)22-15-20(11-12-27(22,6)7)23-21(18-32(10)29-23)17-30(8)13-14-31(9)25(34)35-26(3,4)5/h18-20,22H,11-17H2,1-10H3,(H,28,33)/t20?,22-/m1/s1. The van der Waals surface area contributed by atoms with Crippen LogP contribution in [0.5, 0.6) is 0 Å². The van der Waals surface area contributed by atoms with Crippen LogP contribution < -0.4 is 5.32 Å². The number of hydrogen-bond acceptors (Lipinski definition) is 5. The molecule has 1 aliphatic carbocycles. The first kappa shape index (κ1) is 29.1. The maximum atomic E-state index is 13.1. The summed E-state index contributed by atoms with van der Waals surface area (Å²) < 4.78 is 7.34. The summed E-state index contributed by atoms with van der Waals surface area (Å²) in [5.41, 5.74) is 1.79. The molecular formula is C27H49N5O3. The molecule has 1 fully saturated rings. The Bertz CT molecular complexity index is 855. The van der Waals surface area contributed by atoms with Gasteiger partial charge in [-0.2, -0.15) is 5.10 Å². The van der Waals surface area contributed by atoms with E-state index in [1.165, 1.54) is 5.56 Å². The molecule has 1 unspecified atom stereocenters. The highest BCUT2D eigenvalue weighted by Crippen LogP contribution is 2.47. The first-order chi connectivity index (χ1) is 16.1. The molecule has 2 rings (SSSR count). The van der Waals surface area contributed by atoms with E-state index in [1.54, 1.807) is 11.9 Å². The van der Waals surface area contributed by atoms with Crippen molar-refractivity contribution in [1.82, 2.24) is 24.9 Å². The average molecular weight is 492 g/mol. The van der Waals surface area contributed by atoms with Gasteiger partial charge in [0.05, 0.1) is 5.69 Å². The molecule has 1 aliphatic rings. The monoisotopic (exact) mass is 491 g/mol. The van der Waals surface area contributed by atoms with Crippen LogP contribution in [0.4, 0.5) is 4.79 Å². The zero-order chi connectivity index (χ0) is 26.6. The van der Waals surface area contributed by atoms with Crippen molar-refractivity contribution in [3.8, 4) is 0 Å². The number of carbonyl (C=O) groups excluding carboxylic acids is 2. The Kier molecular flexibility index (Phi) is 9.79. The van der Waals surface area contributed by atoms with Gasteiger partial charge in [0.15, 0.2) is 0 Å². The van der Waals surface area contributed by atoms with E-state index in [-0.39, 0.29) is 29.3 Å². The third-order valence-corrected chi connectivity index (χ3v) is 6.89. The molecule has 8 heteroatoms. The number of nitrogens with zero attached hydrogens (tertiary/aromatic N) is 4. The lowest BCUT2D eigenvalue weighted by molar-refractivity contribution is -0.130. The summed E-state index contributed by atoms with van der Waals surface area (Å²) in [6.45, 7) is 17.1. The van der Waals surface area contributed by atoms with Crippen molar-refractivity contribution < 1.29 is 14.3 Å². The number of hydrogen-bond donors (Lipinski definition) is 1. The highest BCUT2D eigenvalue weighted by atomic mass is 16.6. The quantitative estimate of drug-likeness (QED) is 0.554. The van der Waals surface area contributed by atoms with Crippen LogP contribution >= 0.6 is 0 Å². The predicted molar refractivity (Wildman–Crippen MR) is 140 cm³/mol. The van der Waals surface area contributed by atoms with Gasteiger partial charge >= 0.3 is 6.09 Å². The van der Waals surface area contributed by atoms with E-state index in [2.05, 4.69) is 51.2 Å². The third kappa shape index (κ3) is 8.81. The van der Waals surface area contributed by atoms with Crippen LogP contribution in [-0.2, 0) is 23.1 Å². The molecule has 35 heavy (non-hydrogen) atoms. The minimum absolute atomic E-state index is 0.0183. The number of aryl methyl sites for hydroxylation is 1. The van der Waals surface area contributed by atoms with Gasteiger partial charge in [0.25, 0.3) is 0 Å². The van der Waals surface area contributed by atoms with Crippen molar-refractivity contribution in [3.05, 3.63) is 17.5 Å². The van der Waals surface area contributed by atoms with Crippen LogP contribution in [0.25, 0.3) is 0 Å². The highest BCUT2D eigenvalue weighted by Gasteiger charge is 2.42. The van der Waals surface area contributed by atoms with Gasteiger partial charge in [-0.05, 0) is 58.4 Å². The minimum Gasteiger partial charge on any atom is -0.444 e. The largest absolute Gasteiger partial charge is 0.444 e. The molecule has 1 aromatic heterocycles. The molecule has 0 spiro atoms. The Morgan fingerprint density at radius 2 is 1.91 bits per heavy atom. The van der Waals surface area contributed by atoms with Gasteiger partial charge in [0.2, 0.25) is 5.91 Å². The van der Waals surface area contributed by atoms with Crippen LogP contribution in [-0.4, -0.2) is 70.9 Å². The Balaban J connectivity index is 2.04. The minimum atomic E-state index is -0.500. The number of ether oxygens (including phenoxy) is 1. The molecule has 2 atom stereocenters. The van der Waals surface area contributed by atoms with E-state index < -0.39 is 5.60 Å². The molecule has 1 aromatic rings. The van der Waals surface area contributed by atoms with E-state index in [4.69, 9.17) is 9.84 Å². The Morgan fingerprint density at radius 1 is 1.26 bits per heavy atom. The smallest absolute Gasteiger partial charge is 0.410 e. The molecule has 0 radical (unpaired) electrons. The molecule has 0 saturated heterocycles. The van der Waals surface area contributed by atoms with Gasteiger partial charge in [-0.3, -0.25) is 9.48 Å². The van der Waals surface area contributed by atoms with Crippen molar-refractivity contribution >= 4 is 12.0 Å². The van der Waals surface area contributed by atoms with Gasteiger partial charge in [-0.25, -0.2) is 4.79 Å². The molecule has 8 nitrogen and oxygen atoms in total. The van der Waals surface area contributed by atoms with Crippen LogP contribution in [0.1, 0.15) is 84.9 Å². The summed E-state index contributed by atoms with van der Waals surface area (Å²) in [6, 6.07) is 0. The van der Waals surface area contributed by atoms with E-state index in [9.17, 15) is 9.59 Å². The van der Waals surface area contributed by atoms with Gasteiger partial charge in [-0.15, -0.1) is 0 Å². The average Bonchev–Trinajstić information content (AvgIpc) is 3.08. The molecule has 200 valence electrons. The molecular weight excluding hydrogens is 442 g/mol. The van der Waals surface area contributed by atoms with Crippen molar-refractivity contribution in [2.75, 3.05) is 33.7 Å². The highest BCUT2D eigenvalue weighted by molar-refractivity contribution is 5.79. The van der Waals surface area contributed by atoms with Gasteiger partial charge in [0, 0.05) is 63.9 Å². The Hall–Kier alpha value is -2.09. The second-order valence-electron chi connectivity index (χ2n) is 12.5. The summed E-state index contributed by atoms with van der Waals surface area (Å²) in [7, 11) is 5.79. The van der Waals surface area contributed by atoms with Crippen LogP contribution in [0, 0.1) is 17.3 Å². The normalized spacial score (nSPS) is 20.2. The van der Waals surface area contributed by atoms with E-state index in [0.717, 1.165) is 38.0 Å². The van der Waals surface area contributed by atoms with Crippen LogP contribution in [0.2, 0.25) is 0 Å². The maximum absolute atomic E-state index is 13.1. The fourth-order valence-corrected chi connectivity index (χ4v) is 4.72. The summed E-state index contributed by atoms with van der Waals surface area (Å²) >= 11 is 0. The number of rotatable bonds is 9. The van der Waals surface area contributed by atoms with Crippen molar-refractivity contribution in [3.63, 3.8) is 0 Å². The number of amides is 2. The van der Waals surface area contributed by atoms with Crippen LogP contribution in [0.3, 0.4) is 0 Å². The molecule has 0 aliphatic heterocycles. The number of likely N-dealkylation sites (N-methyl/N-ethyl adjacent to an activating group) is 2. The number of carbonyl (C=O) groups is 2. The molecule has 1 N–H and O–H groups in total. The lowest BCUT2D eigenvalue weighted by Gasteiger charge is -2.41. The van der Waals surface area contributed by atoms with Crippen molar-refractivity contribution in [2.24, 2.45) is 24.3 Å². The van der Waals surface area contributed by atoms with E-state index in [1.807, 2.05) is 32.5 Å². The van der Waals surface area contributed by atoms with Crippen molar-refractivity contribution in [2.45, 2.75) is 85.8 Å². The summed E-state index contributed by atoms with van der Waals surface area (Å²) in [6.07, 6.45) is 4.66. The molecule has 2 amide bonds. The fraction of sp³-hybridized carbons (Fsp3) is 0.815. The second-order valence-corrected chi connectivity index (χ2v) is 12.5. The lowest BCUT2D eigenvalue weighted by atomic mass is 9.64. The zero-order valence-corrected chi connectivity index (χ0v) is 23.8. The Labute approximate surface area is 212 Å². The fourth-order valence-electron chi connectivity index (χ4n) is 4.72. The van der Waals surface area contributed by atoms with Gasteiger partial charge < -0.3 is 19.9 Å². The first-order valence-corrected chi connectivity index (χ1v) is 13.0. The number of aromatic nitrogens is 2. The zero-order valence-electron chi connectivity index (χ0n) is 23.8. The van der Waals surface area contributed by atoms with E-state index in [0.29, 0.717) is 19.0 Å². The molecule has 1 heterocycles. The first-order valence-electron chi connectivity index (χ1n) is 13.0. The van der Waals surface area contributed by atoms with Gasteiger partial charge in [-0.1, -0.05) is 27.7 Å². The SMILES string of the molecule is CC(C)CNC(=O)[C@H]1CC(c2nn(C)cc2CN(C)CCN(C)C(=O)OC(C)(C)C)CCC1(C)C. The third-order valence-electron chi connectivity index (χ3n) is 6.89. The number of nitrogens with one attached hydrogen (secondary N) is 1. The lowest BCUT2D eigenvalue weighted by Crippen LogP contribution is -2.43. The van der Waals surface area contributed by atoms with Crippen LogP contribution in [0.15, 0.2) is 6.20 Å². The molecule has 0 aromatic carbocycles. The second kappa shape index (κ2) is 11.8. The topological polar surface area (TPSA) is 79.7 Å². The predicted octanol–water partition coefficient (Wildman–Crippen LogP) is 4.40. The molecule has 1 saturated carbocycles. The van der Waals surface area contributed by atoms with E-state index >= 15 is 0 Å². The Morgan fingerprint density at radius 3 is 2.51 bits per heavy atom. The summed E-state index contributed by atoms with van der Waals surface area (Å²) in [4.78, 5) is 29.2. The van der Waals surface area contributed by atoms with Crippen molar-refractivity contribution in [1.29, 1.82) is 0 Å². The maximum Gasteiger partial charge on any atom is 0.410 e. The summed E-state index contributed by atoms with van der Waals surface area (Å²) in [5, 5.41) is 8.01. The summed E-state index contributed by atoms with van der Waals surface area (Å²) in [5.74, 6) is 0.865. The molecule has 0 bridgehead atoms. The van der Waals surface area contributed by atoms with Gasteiger partial charge in [0.1, 0.15) is 5.60 Å².